The van der Waals surface area contributed by atoms with Crippen LogP contribution in [0.3, 0.4) is 0 Å². The average Bonchev–Trinajstić information content (AvgIpc) is 2.77. The molecule has 0 aliphatic heterocycles. The summed E-state index contributed by atoms with van der Waals surface area (Å²) < 4.78 is 2.31. The minimum Gasteiger partial charge on any atom is -0.384 e. The molecule has 1 aromatic carbocycles. The predicted octanol–water partition coefficient (Wildman–Crippen LogP) is 4.82. The topological polar surface area (TPSA) is 15.3 Å². The van der Waals surface area contributed by atoms with Crippen LogP contribution >= 0.6 is 43.2 Å². The van der Waals surface area contributed by atoms with Gasteiger partial charge in [0.1, 0.15) is 0 Å². The summed E-state index contributed by atoms with van der Waals surface area (Å²) in [6.07, 6.45) is 0. The number of rotatable bonds is 6. The van der Waals surface area contributed by atoms with Crippen molar-refractivity contribution in [2.24, 2.45) is 0 Å². The summed E-state index contributed by atoms with van der Waals surface area (Å²) >= 11 is 8.67. The summed E-state index contributed by atoms with van der Waals surface area (Å²) in [5.74, 6) is 0. The van der Waals surface area contributed by atoms with Crippen LogP contribution in [0.4, 0.5) is 5.69 Å². The Kier molecular flexibility index (Phi) is 5.88. The molecule has 2 aromatic rings. The van der Waals surface area contributed by atoms with Gasteiger partial charge in [0.05, 0.1) is 3.79 Å². The molecule has 0 saturated carbocycles. The third kappa shape index (κ3) is 5.26. The molecule has 5 heteroatoms. The van der Waals surface area contributed by atoms with Crippen molar-refractivity contribution in [3.05, 3.63) is 49.5 Å². The zero-order chi connectivity index (χ0) is 13.7. The molecule has 0 aliphatic carbocycles. The van der Waals surface area contributed by atoms with Crippen molar-refractivity contribution < 1.29 is 0 Å². The maximum atomic E-state index is 3.49. The van der Waals surface area contributed by atoms with Gasteiger partial charge in [-0.1, -0.05) is 15.9 Å². The Morgan fingerprint density at radius 3 is 2.58 bits per heavy atom. The van der Waals surface area contributed by atoms with Crippen molar-refractivity contribution in [1.82, 2.24) is 4.90 Å². The van der Waals surface area contributed by atoms with Crippen LogP contribution in [-0.2, 0) is 6.54 Å². The van der Waals surface area contributed by atoms with Crippen LogP contribution in [0, 0.1) is 0 Å². The number of benzene rings is 1. The van der Waals surface area contributed by atoms with Crippen molar-refractivity contribution in [2.45, 2.75) is 6.54 Å². The van der Waals surface area contributed by atoms with Gasteiger partial charge in [0.15, 0.2) is 0 Å². The van der Waals surface area contributed by atoms with Crippen molar-refractivity contribution in [3.8, 4) is 0 Å². The third-order valence-electron chi connectivity index (χ3n) is 2.74. The first-order valence-corrected chi connectivity index (χ1v) is 8.51. The lowest BCUT2D eigenvalue weighted by atomic mass is 10.3. The highest BCUT2D eigenvalue weighted by molar-refractivity contribution is 9.11. The number of anilines is 1. The highest BCUT2D eigenvalue weighted by Gasteiger charge is 2.02. The molecule has 1 N–H and O–H groups in total. The standard InChI is InChI=1S/C14H16Br2N2S/c1-18(9-11-8-14(16)19-10-11)7-6-17-13-4-2-12(15)3-5-13/h2-5,8,10,17H,6-7,9H2,1H3. The van der Waals surface area contributed by atoms with E-state index in [0.717, 1.165) is 29.8 Å². The first-order chi connectivity index (χ1) is 9.13. The summed E-state index contributed by atoms with van der Waals surface area (Å²) in [6, 6.07) is 10.5. The molecule has 0 saturated heterocycles. The fourth-order valence-electron chi connectivity index (χ4n) is 1.78. The Bertz CT molecular complexity index is 510. The molecule has 0 unspecified atom stereocenters. The molecule has 1 heterocycles. The molecule has 102 valence electrons. The number of likely N-dealkylation sites (N-methyl/N-ethyl adjacent to an activating group) is 1. The normalized spacial score (nSPS) is 10.9. The zero-order valence-electron chi connectivity index (χ0n) is 10.7. The first kappa shape index (κ1) is 15.0. The summed E-state index contributed by atoms with van der Waals surface area (Å²) in [5.41, 5.74) is 2.53. The fourth-order valence-corrected chi connectivity index (χ4v) is 3.24. The Morgan fingerprint density at radius 2 is 1.95 bits per heavy atom. The minimum atomic E-state index is 0.948. The summed E-state index contributed by atoms with van der Waals surface area (Å²) in [5, 5.41) is 5.62. The van der Waals surface area contributed by atoms with Gasteiger partial charge in [-0.25, -0.2) is 0 Å². The van der Waals surface area contributed by atoms with Crippen molar-refractivity contribution in [3.63, 3.8) is 0 Å². The van der Waals surface area contributed by atoms with E-state index in [-0.39, 0.29) is 0 Å². The Hall–Kier alpha value is -0.360. The minimum absolute atomic E-state index is 0.948. The van der Waals surface area contributed by atoms with Crippen LogP contribution in [-0.4, -0.2) is 25.0 Å². The van der Waals surface area contributed by atoms with Crippen molar-refractivity contribution in [1.29, 1.82) is 0 Å². The van der Waals surface area contributed by atoms with Crippen LogP contribution < -0.4 is 5.32 Å². The van der Waals surface area contributed by atoms with Crippen molar-refractivity contribution in [2.75, 3.05) is 25.5 Å². The van der Waals surface area contributed by atoms with Gasteiger partial charge in [-0.2, -0.15) is 0 Å². The van der Waals surface area contributed by atoms with E-state index in [1.165, 1.54) is 9.35 Å². The smallest absolute Gasteiger partial charge is 0.0701 e. The lowest BCUT2D eigenvalue weighted by Gasteiger charge is -2.16. The van der Waals surface area contributed by atoms with Gasteiger partial charge in [-0.15, -0.1) is 11.3 Å². The van der Waals surface area contributed by atoms with E-state index < -0.39 is 0 Å². The van der Waals surface area contributed by atoms with Crippen molar-refractivity contribution >= 4 is 48.9 Å². The van der Waals surface area contributed by atoms with E-state index in [1.807, 2.05) is 0 Å². The van der Waals surface area contributed by atoms with Crippen LogP contribution in [0.15, 0.2) is 44.0 Å². The summed E-state index contributed by atoms with van der Waals surface area (Å²) in [4.78, 5) is 2.32. The van der Waals surface area contributed by atoms with Gasteiger partial charge >= 0.3 is 0 Å². The van der Waals surface area contributed by atoms with E-state index in [2.05, 4.69) is 84.8 Å². The first-order valence-electron chi connectivity index (χ1n) is 6.04. The number of nitrogens with zero attached hydrogens (tertiary/aromatic N) is 1. The van der Waals surface area contributed by atoms with E-state index >= 15 is 0 Å². The summed E-state index contributed by atoms with van der Waals surface area (Å²) in [6.45, 7) is 2.96. The maximum Gasteiger partial charge on any atom is 0.0701 e. The fraction of sp³-hybridized carbons (Fsp3) is 0.286. The van der Waals surface area contributed by atoms with Gasteiger partial charge in [-0.05, 0) is 64.3 Å². The number of nitrogens with one attached hydrogen (secondary N) is 1. The molecule has 0 fully saturated rings. The third-order valence-corrected chi connectivity index (χ3v) is 4.82. The Morgan fingerprint density at radius 1 is 1.21 bits per heavy atom. The van der Waals surface area contributed by atoms with Gasteiger partial charge in [0.2, 0.25) is 0 Å². The predicted molar refractivity (Wildman–Crippen MR) is 91.0 cm³/mol. The number of thiophene rings is 1. The van der Waals surface area contributed by atoms with Crippen LogP contribution in [0.25, 0.3) is 0 Å². The van der Waals surface area contributed by atoms with E-state index in [9.17, 15) is 0 Å². The largest absolute Gasteiger partial charge is 0.384 e. The molecule has 2 nitrogen and oxygen atoms in total. The second-order valence-electron chi connectivity index (χ2n) is 4.43. The highest BCUT2D eigenvalue weighted by atomic mass is 79.9. The molecule has 1 aromatic heterocycles. The second kappa shape index (κ2) is 7.43. The Labute approximate surface area is 135 Å². The van der Waals surface area contributed by atoms with Crippen LogP contribution in [0.1, 0.15) is 5.56 Å². The quantitative estimate of drug-likeness (QED) is 0.743. The second-order valence-corrected chi connectivity index (χ2v) is 7.64. The zero-order valence-corrected chi connectivity index (χ0v) is 14.7. The molecule has 0 atom stereocenters. The molecule has 0 bridgehead atoms. The van der Waals surface area contributed by atoms with Gasteiger partial charge in [0.25, 0.3) is 0 Å². The molecule has 0 radical (unpaired) electrons. The number of hydrogen-bond acceptors (Lipinski definition) is 3. The van der Waals surface area contributed by atoms with Crippen LogP contribution in [0.2, 0.25) is 0 Å². The van der Waals surface area contributed by atoms with Crippen LogP contribution in [0.5, 0.6) is 0 Å². The molecular formula is C14H16Br2N2S. The summed E-state index contributed by atoms with van der Waals surface area (Å²) in [7, 11) is 2.15. The van der Waals surface area contributed by atoms with E-state index in [1.54, 1.807) is 11.3 Å². The maximum absolute atomic E-state index is 3.49. The lowest BCUT2D eigenvalue weighted by Crippen LogP contribution is -2.24. The molecule has 19 heavy (non-hydrogen) atoms. The van der Waals surface area contributed by atoms with Gasteiger partial charge in [0, 0.05) is 29.8 Å². The Balaban J connectivity index is 1.71. The molecule has 2 rings (SSSR count). The monoisotopic (exact) mass is 402 g/mol. The number of hydrogen-bond donors (Lipinski definition) is 1. The average molecular weight is 404 g/mol. The van der Waals surface area contributed by atoms with Gasteiger partial charge < -0.3 is 10.2 Å². The lowest BCUT2D eigenvalue weighted by molar-refractivity contribution is 0.340. The van der Waals surface area contributed by atoms with E-state index in [4.69, 9.17) is 0 Å². The molecule has 0 amide bonds. The molecular weight excluding hydrogens is 388 g/mol. The SMILES string of the molecule is CN(CCNc1ccc(Br)cc1)Cc1csc(Br)c1. The number of halogens is 2. The molecule has 0 aliphatic rings. The van der Waals surface area contributed by atoms with Gasteiger partial charge in [-0.3, -0.25) is 0 Å². The molecule has 0 spiro atoms. The highest BCUT2D eigenvalue weighted by Crippen LogP contribution is 2.21. The van der Waals surface area contributed by atoms with E-state index in [0.29, 0.717) is 0 Å².